The molecule has 0 unspecified atom stereocenters. The predicted octanol–water partition coefficient (Wildman–Crippen LogP) is -0.320. The number of hydrogen-bond donors (Lipinski definition) is 1. The Labute approximate surface area is 100 Å². The molecule has 1 amide bonds. The van der Waals surface area contributed by atoms with E-state index >= 15 is 0 Å². The molecular formula is C11H9N5O2. The van der Waals surface area contributed by atoms with Crippen molar-refractivity contribution in [3.05, 3.63) is 40.6 Å². The third-order valence-electron chi connectivity index (χ3n) is 2.80. The number of nitrogens with zero attached hydrogens (tertiary/aromatic N) is 4. The van der Waals surface area contributed by atoms with Crippen LogP contribution in [0.2, 0.25) is 0 Å². The normalized spacial score (nSPS) is 11.2. The fraction of sp³-hybridized carbons (Fsp3) is 0.0909. The van der Waals surface area contributed by atoms with Gasteiger partial charge in [0.25, 0.3) is 5.91 Å². The Morgan fingerprint density at radius 2 is 2.06 bits per heavy atom. The van der Waals surface area contributed by atoms with Crippen LogP contribution in [0.4, 0.5) is 0 Å². The summed E-state index contributed by atoms with van der Waals surface area (Å²) in [7, 11) is 1.63. The Hall–Kier alpha value is -2.70. The van der Waals surface area contributed by atoms with E-state index in [1.807, 2.05) is 18.2 Å². The molecule has 2 aromatic heterocycles. The van der Waals surface area contributed by atoms with Crippen molar-refractivity contribution < 1.29 is 4.79 Å². The maximum absolute atomic E-state index is 12.0. The van der Waals surface area contributed by atoms with Crippen LogP contribution >= 0.6 is 0 Å². The number of nitrogens with two attached hydrogens (primary N) is 1. The van der Waals surface area contributed by atoms with Crippen molar-refractivity contribution in [3.8, 4) is 0 Å². The lowest BCUT2D eigenvalue weighted by Gasteiger charge is -2.04. The summed E-state index contributed by atoms with van der Waals surface area (Å²) >= 11 is 0. The van der Waals surface area contributed by atoms with Gasteiger partial charge in [-0.1, -0.05) is 12.1 Å². The van der Waals surface area contributed by atoms with E-state index in [4.69, 9.17) is 5.73 Å². The second-order valence-corrected chi connectivity index (χ2v) is 3.89. The van der Waals surface area contributed by atoms with Crippen LogP contribution in [0.5, 0.6) is 0 Å². The summed E-state index contributed by atoms with van der Waals surface area (Å²) in [5.41, 5.74) is 5.81. The van der Waals surface area contributed by atoms with Crippen LogP contribution in [-0.4, -0.2) is 25.1 Å². The smallest absolute Gasteiger partial charge is 0.350 e. The molecule has 0 bridgehead atoms. The Balaban J connectivity index is 2.61. The number of hydrogen-bond acceptors (Lipinski definition) is 4. The minimum Gasteiger partial charge on any atom is -0.363 e. The molecule has 0 atom stereocenters. The first-order chi connectivity index (χ1) is 8.59. The van der Waals surface area contributed by atoms with Gasteiger partial charge < -0.3 is 5.73 Å². The number of para-hydroxylation sites is 1. The van der Waals surface area contributed by atoms with Crippen LogP contribution in [-0.2, 0) is 7.05 Å². The molecule has 0 fully saturated rings. The average Bonchev–Trinajstić information content (AvgIpc) is 2.81. The van der Waals surface area contributed by atoms with Crippen molar-refractivity contribution >= 4 is 22.5 Å². The molecule has 7 heteroatoms. The van der Waals surface area contributed by atoms with Crippen molar-refractivity contribution in [1.29, 1.82) is 0 Å². The monoisotopic (exact) mass is 243 g/mol. The van der Waals surface area contributed by atoms with Crippen molar-refractivity contribution in [3.63, 3.8) is 0 Å². The Kier molecular flexibility index (Phi) is 1.97. The molecule has 3 rings (SSSR count). The summed E-state index contributed by atoms with van der Waals surface area (Å²) < 4.78 is 2.53. The van der Waals surface area contributed by atoms with Gasteiger partial charge in [0.1, 0.15) is 0 Å². The Morgan fingerprint density at radius 3 is 2.78 bits per heavy atom. The van der Waals surface area contributed by atoms with Crippen LogP contribution < -0.4 is 11.4 Å². The number of carbonyl (C=O) groups excluding carboxylic acids is 1. The number of carbonyl (C=O) groups is 1. The lowest BCUT2D eigenvalue weighted by Crippen LogP contribution is -2.25. The summed E-state index contributed by atoms with van der Waals surface area (Å²) in [4.78, 5) is 27.1. The van der Waals surface area contributed by atoms with E-state index < -0.39 is 5.91 Å². The Morgan fingerprint density at radius 1 is 1.33 bits per heavy atom. The first kappa shape index (κ1) is 10.5. The average molecular weight is 243 g/mol. The molecule has 0 aliphatic heterocycles. The second kappa shape index (κ2) is 3.39. The van der Waals surface area contributed by atoms with E-state index in [0.717, 1.165) is 15.4 Å². The van der Waals surface area contributed by atoms with E-state index in [1.54, 1.807) is 13.1 Å². The summed E-state index contributed by atoms with van der Waals surface area (Å²) in [6.07, 6.45) is 0. The first-order valence-electron chi connectivity index (χ1n) is 5.24. The number of fused-ring (bicyclic) bond motifs is 3. The predicted molar refractivity (Wildman–Crippen MR) is 64.3 cm³/mol. The van der Waals surface area contributed by atoms with Crippen LogP contribution in [0.1, 0.15) is 10.6 Å². The van der Waals surface area contributed by atoms with Crippen molar-refractivity contribution in [1.82, 2.24) is 19.2 Å². The van der Waals surface area contributed by atoms with Gasteiger partial charge in [-0.15, -0.1) is 5.10 Å². The zero-order valence-electron chi connectivity index (χ0n) is 9.49. The third-order valence-corrected chi connectivity index (χ3v) is 2.80. The number of aromatic nitrogens is 4. The SMILES string of the molecule is Cn1c(=O)n2nc(C(N)=O)nc2c2ccccc21. The van der Waals surface area contributed by atoms with Gasteiger partial charge in [0.05, 0.1) is 5.52 Å². The first-order valence-corrected chi connectivity index (χ1v) is 5.24. The minimum atomic E-state index is -0.759. The molecule has 0 aliphatic carbocycles. The quantitative estimate of drug-likeness (QED) is 0.633. The zero-order chi connectivity index (χ0) is 12.9. The van der Waals surface area contributed by atoms with E-state index in [9.17, 15) is 9.59 Å². The largest absolute Gasteiger partial charge is 0.363 e. The number of amides is 1. The molecule has 2 N–H and O–H groups in total. The van der Waals surface area contributed by atoms with Crippen molar-refractivity contribution in [2.75, 3.05) is 0 Å². The van der Waals surface area contributed by atoms with Gasteiger partial charge in [0.2, 0.25) is 5.82 Å². The van der Waals surface area contributed by atoms with Crippen LogP contribution in [0.3, 0.4) is 0 Å². The molecule has 90 valence electrons. The molecule has 18 heavy (non-hydrogen) atoms. The lowest BCUT2D eigenvalue weighted by molar-refractivity contribution is 0.0990. The van der Waals surface area contributed by atoms with Crippen molar-refractivity contribution in [2.45, 2.75) is 0 Å². The maximum atomic E-state index is 12.0. The summed E-state index contributed by atoms with van der Waals surface area (Å²) in [6, 6.07) is 7.26. The van der Waals surface area contributed by atoms with Crippen molar-refractivity contribution in [2.24, 2.45) is 12.8 Å². The highest BCUT2D eigenvalue weighted by atomic mass is 16.2. The highest BCUT2D eigenvalue weighted by molar-refractivity contribution is 5.94. The van der Waals surface area contributed by atoms with Gasteiger partial charge in [-0.2, -0.15) is 4.52 Å². The number of rotatable bonds is 1. The number of aryl methyl sites for hydroxylation is 1. The van der Waals surface area contributed by atoms with E-state index in [-0.39, 0.29) is 11.5 Å². The van der Waals surface area contributed by atoms with E-state index in [2.05, 4.69) is 10.1 Å². The Bertz CT molecular complexity index is 846. The highest BCUT2D eigenvalue weighted by Crippen LogP contribution is 2.15. The third kappa shape index (κ3) is 1.24. The highest BCUT2D eigenvalue weighted by Gasteiger charge is 2.15. The molecule has 0 saturated heterocycles. The van der Waals surface area contributed by atoms with Gasteiger partial charge in [-0.05, 0) is 12.1 Å². The minimum absolute atomic E-state index is 0.163. The maximum Gasteiger partial charge on any atom is 0.350 e. The molecular weight excluding hydrogens is 234 g/mol. The molecule has 0 radical (unpaired) electrons. The van der Waals surface area contributed by atoms with E-state index in [0.29, 0.717) is 5.65 Å². The summed E-state index contributed by atoms with van der Waals surface area (Å²) in [5, 5.41) is 4.56. The fourth-order valence-electron chi connectivity index (χ4n) is 1.92. The van der Waals surface area contributed by atoms with Crippen LogP contribution in [0.15, 0.2) is 29.1 Å². The molecule has 1 aromatic carbocycles. The molecule has 7 nitrogen and oxygen atoms in total. The van der Waals surface area contributed by atoms with Gasteiger partial charge >= 0.3 is 5.69 Å². The lowest BCUT2D eigenvalue weighted by atomic mass is 10.2. The number of primary amides is 1. The van der Waals surface area contributed by atoms with E-state index in [1.165, 1.54) is 4.57 Å². The van der Waals surface area contributed by atoms with Gasteiger partial charge in [-0.3, -0.25) is 9.36 Å². The summed E-state index contributed by atoms with van der Waals surface area (Å²) in [5.74, 6) is -0.923. The fourth-order valence-corrected chi connectivity index (χ4v) is 1.92. The molecule has 0 saturated carbocycles. The standard InChI is InChI=1S/C11H9N5O2/c1-15-7-5-3-2-4-6(7)10-13-9(8(12)17)14-16(10)11(15)18/h2-5H,1H3,(H2,12,17). The molecule has 3 aromatic rings. The van der Waals surface area contributed by atoms with Gasteiger partial charge in [-0.25, -0.2) is 9.78 Å². The van der Waals surface area contributed by atoms with Gasteiger partial charge in [0.15, 0.2) is 5.65 Å². The van der Waals surface area contributed by atoms with Crippen LogP contribution in [0.25, 0.3) is 16.6 Å². The topological polar surface area (TPSA) is 95.3 Å². The molecule has 0 spiro atoms. The molecule has 0 aliphatic rings. The zero-order valence-corrected chi connectivity index (χ0v) is 9.49. The second-order valence-electron chi connectivity index (χ2n) is 3.89. The molecule has 2 heterocycles. The van der Waals surface area contributed by atoms with Crippen LogP contribution in [0, 0.1) is 0 Å². The number of benzene rings is 1. The summed E-state index contributed by atoms with van der Waals surface area (Å²) in [6.45, 7) is 0. The van der Waals surface area contributed by atoms with Gasteiger partial charge in [0, 0.05) is 12.4 Å².